The summed E-state index contributed by atoms with van der Waals surface area (Å²) in [6, 6.07) is 5.93. The molecule has 5 nitrogen and oxygen atoms in total. The van der Waals surface area contributed by atoms with Crippen LogP contribution in [0.5, 0.6) is 0 Å². The fourth-order valence-electron chi connectivity index (χ4n) is 2.53. The molecule has 6 heteroatoms. The van der Waals surface area contributed by atoms with Gasteiger partial charge in [-0.25, -0.2) is 4.98 Å². The Balaban J connectivity index is 1.73. The highest BCUT2D eigenvalue weighted by Crippen LogP contribution is 2.30. The van der Waals surface area contributed by atoms with Crippen molar-refractivity contribution in [3.8, 4) is 11.3 Å². The molecule has 120 valence electrons. The Bertz CT molecular complexity index is 739. The zero-order chi connectivity index (χ0) is 16.2. The van der Waals surface area contributed by atoms with Gasteiger partial charge in [0.1, 0.15) is 0 Å². The van der Waals surface area contributed by atoms with Gasteiger partial charge in [-0.3, -0.25) is 9.59 Å². The zero-order valence-corrected chi connectivity index (χ0v) is 13.8. The van der Waals surface area contributed by atoms with Gasteiger partial charge < -0.3 is 10.6 Å². The number of anilines is 2. The molecule has 0 aliphatic carbocycles. The molecule has 0 spiro atoms. The van der Waals surface area contributed by atoms with E-state index in [1.807, 2.05) is 17.5 Å². The highest BCUT2D eigenvalue weighted by molar-refractivity contribution is 7.14. The van der Waals surface area contributed by atoms with Gasteiger partial charge in [-0.1, -0.05) is 19.4 Å². The highest BCUT2D eigenvalue weighted by atomic mass is 32.1. The number of aromatic nitrogens is 1. The van der Waals surface area contributed by atoms with Crippen LogP contribution in [-0.2, 0) is 16.0 Å². The second-order valence-electron chi connectivity index (χ2n) is 5.61. The Labute approximate surface area is 139 Å². The van der Waals surface area contributed by atoms with Crippen LogP contribution in [0.1, 0.15) is 38.2 Å². The van der Waals surface area contributed by atoms with Crippen LogP contribution in [0.15, 0.2) is 23.6 Å². The number of amides is 2. The molecule has 0 atom stereocenters. The average molecular weight is 329 g/mol. The maximum absolute atomic E-state index is 11.8. The van der Waals surface area contributed by atoms with E-state index in [9.17, 15) is 9.59 Å². The third-order valence-electron chi connectivity index (χ3n) is 3.80. The Morgan fingerprint density at radius 1 is 1.39 bits per heavy atom. The van der Waals surface area contributed by atoms with E-state index in [-0.39, 0.29) is 11.8 Å². The molecule has 1 aromatic carbocycles. The van der Waals surface area contributed by atoms with Gasteiger partial charge in [-0.05, 0) is 30.5 Å². The standard InChI is InChI=1S/C17H19N3O2S/c1-2-3-4-15(21)20-17-19-14(10-23-17)12-5-7-13-11(9-12)6-8-16(22)18-13/h5,7,9-10H,2-4,6,8H2,1H3,(H,18,22)(H,19,20,21). The Morgan fingerprint density at radius 2 is 2.26 bits per heavy atom. The van der Waals surface area contributed by atoms with E-state index in [0.717, 1.165) is 41.8 Å². The summed E-state index contributed by atoms with van der Waals surface area (Å²) in [6.07, 6.45) is 3.69. The number of carbonyl (C=O) groups excluding carboxylic acids is 2. The van der Waals surface area contributed by atoms with Crippen molar-refractivity contribution in [2.24, 2.45) is 0 Å². The number of nitrogens with zero attached hydrogens (tertiary/aromatic N) is 1. The first-order chi connectivity index (χ1) is 11.2. The number of fused-ring (bicyclic) bond motifs is 1. The van der Waals surface area contributed by atoms with E-state index in [1.165, 1.54) is 11.3 Å². The van der Waals surface area contributed by atoms with Crippen molar-refractivity contribution in [2.75, 3.05) is 10.6 Å². The van der Waals surface area contributed by atoms with Crippen molar-refractivity contribution < 1.29 is 9.59 Å². The molecule has 2 N–H and O–H groups in total. The number of hydrogen-bond donors (Lipinski definition) is 2. The van der Waals surface area contributed by atoms with Gasteiger partial charge in [-0.2, -0.15) is 0 Å². The van der Waals surface area contributed by atoms with Crippen molar-refractivity contribution in [1.82, 2.24) is 4.98 Å². The van der Waals surface area contributed by atoms with Crippen molar-refractivity contribution in [3.63, 3.8) is 0 Å². The third-order valence-corrected chi connectivity index (χ3v) is 4.56. The Kier molecular flexibility index (Phi) is 4.71. The number of carbonyl (C=O) groups is 2. The lowest BCUT2D eigenvalue weighted by molar-refractivity contribution is -0.117. The van der Waals surface area contributed by atoms with Crippen LogP contribution in [-0.4, -0.2) is 16.8 Å². The number of nitrogens with one attached hydrogen (secondary N) is 2. The molecular formula is C17H19N3O2S. The zero-order valence-electron chi connectivity index (χ0n) is 13.0. The summed E-state index contributed by atoms with van der Waals surface area (Å²) in [6.45, 7) is 2.06. The molecule has 0 radical (unpaired) electrons. The van der Waals surface area contributed by atoms with Crippen LogP contribution < -0.4 is 10.6 Å². The highest BCUT2D eigenvalue weighted by Gasteiger charge is 2.16. The molecule has 23 heavy (non-hydrogen) atoms. The van der Waals surface area contributed by atoms with Crippen LogP contribution in [0.2, 0.25) is 0 Å². The molecule has 1 aliphatic rings. The second kappa shape index (κ2) is 6.91. The first kappa shape index (κ1) is 15.7. The minimum absolute atomic E-state index is 0.0147. The fraction of sp³-hybridized carbons (Fsp3) is 0.353. The quantitative estimate of drug-likeness (QED) is 0.876. The van der Waals surface area contributed by atoms with Crippen molar-refractivity contribution >= 4 is 34.0 Å². The van der Waals surface area contributed by atoms with Crippen LogP contribution >= 0.6 is 11.3 Å². The number of benzene rings is 1. The molecular weight excluding hydrogens is 310 g/mol. The molecule has 2 heterocycles. The fourth-order valence-corrected chi connectivity index (χ4v) is 3.26. The summed E-state index contributed by atoms with van der Waals surface area (Å²) in [4.78, 5) is 27.6. The van der Waals surface area contributed by atoms with Crippen molar-refractivity contribution in [3.05, 3.63) is 29.1 Å². The topological polar surface area (TPSA) is 71.1 Å². The molecule has 0 fully saturated rings. The van der Waals surface area contributed by atoms with Crippen LogP contribution in [0.4, 0.5) is 10.8 Å². The van der Waals surface area contributed by atoms with Gasteiger partial charge in [0, 0.05) is 29.5 Å². The van der Waals surface area contributed by atoms with Gasteiger partial charge in [0.15, 0.2) is 5.13 Å². The molecule has 0 unspecified atom stereocenters. The molecule has 1 aromatic heterocycles. The van der Waals surface area contributed by atoms with E-state index in [1.54, 1.807) is 0 Å². The number of rotatable bonds is 5. The monoisotopic (exact) mass is 329 g/mol. The lowest BCUT2D eigenvalue weighted by Gasteiger charge is -2.17. The Hall–Kier alpha value is -2.21. The molecule has 2 amide bonds. The Morgan fingerprint density at radius 3 is 3.09 bits per heavy atom. The molecule has 0 saturated heterocycles. The molecule has 0 bridgehead atoms. The van der Waals surface area contributed by atoms with Gasteiger partial charge >= 0.3 is 0 Å². The van der Waals surface area contributed by atoms with Crippen LogP contribution in [0, 0.1) is 0 Å². The van der Waals surface area contributed by atoms with E-state index < -0.39 is 0 Å². The third kappa shape index (κ3) is 3.76. The van der Waals surface area contributed by atoms with E-state index in [0.29, 0.717) is 18.0 Å². The summed E-state index contributed by atoms with van der Waals surface area (Å²) < 4.78 is 0. The minimum atomic E-state index is 0.0147. The second-order valence-corrected chi connectivity index (χ2v) is 6.47. The largest absolute Gasteiger partial charge is 0.326 e. The van der Waals surface area contributed by atoms with Crippen LogP contribution in [0.3, 0.4) is 0 Å². The molecule has 0 saturated carbocycles. The number of thiazole rings is 1. The normalized spacial score (nSPS) is 13.3. The summed E-state index contributed by atoms with van der Waals surface area (Å²) >= 11 is 1.43. The van der Waals surface area contributed by atoms with E-state index >= 15 is 0 Å². The lowest BCUT2D eigenvalue weighted by atomic mass is 9.99. The summed E-state index contributed by atoms with van der Waals surface area (Å²) in [7, 11) is 0. The maximum Gasteiger partial charge on any atom is 0.226 e. The molecule has 1 aliphatic heterocycles. The predicted octanol–water partition coefficient (Wildman–Crippen LogP) is 3.82. The number of aryl methyl sites for hydroxylation is 1. The van der Waals surface area contributed by atoms with Crippen molar-refractivity contribution in [2.45, 2.75) is 39.0 Å². The summed E-state index contributed by atoms with van der Waals surface area (Å²) in [5, 5.41) is 8.30. The summed E-state index contributed by atoms with van der Waals surface area (Å²) in [5.41, 5.74) is 3.86. The van der Waals surface area contributed by atoms with Crippen LogP contribution in [0.25, 0.3) is 11.3 Å². The van der Waals surface area contributed by atoms with Gasteiger partial charge in [0.05, 0.1) is 5.69 Å². The van der Waals surface area contributed by atoms with Gasteiger partial charge in [-0.15, -0.1) is 11.3 Å². The number of unbranched alkanes of at least 4 members (excludes halogenated alkanes) is 1. The summed E-state index contributed by atoms with van der Waals surface area (Å²) in [5.74, 6) is 0.0805. The SMILES string of the molecule is CCCCC(=O)Nc1nc(-c2ccc3c(c2)CCC(=O)N3)cs1. The average Bonchev–Trinajstić information content (AvgIpc) is 3.00. The lowest BCUT2D eigenvalue weighted by Crippen LogP contribution is -2.18. The molecule has 3 rings (SSSR count). The smallest absolute Gasteiger partial charge is 0.226 e. The minimum Gasteiger partial charge on any atom is -0.326 e. The van der Waals surface area contributed by atoms with Gasteiger partial charge in [0.2, 0.25) is 11.8 Å². The van der Waals surface area contributed by atoms with Gasteiger partial charge in [0.25, 0.3) is 0 Å². The number of hydrogen-bond acceptors (Lipinski definition) is 4. The molecule has 2 aromatic rings. The first-order valence-corrected chi connectivity index (χ1v) is 8.72. The predicted molar refractivity (Wildman–Crippen MR) is 92.7 cm³/mol. The van der Waals surface area contributed by atoms with E-state index in [2.05, 4.69) is 28.6 Å². The van der Waals surface area contributed by atoms with E-state index in [4.69, 9.17) is 0 Å². The maximum atomic E-state index is 11.8. The first-order valence-electron chi connectivity index (χ1n) is 7.84. The van der Waals surface area contributed by atoms with Crippen molar-refractivity contribution in [1.29, 1.82) is 0 Å².